The molecule has 1 aliphatic rings. The summed E-state index contributed by atoms with van der Waals surface area (Å²) in [7, 11) is 3.42. The molecule has 3 rings (SSSR count). The molecule has 0 aliphatic carbocycles. The average Bonchev–Trinajstić information content (AvgIpc) is 2.77. The summed E-state index contributed by atoms with van der Waals surface area (Å²) >= 11 is 0. The fourth-order valence-electron chi connectivity index (χ4n) is 4.43. The molecule has 0 saturated carbocycles. The number of ether oxygens (including phenoxy) is 3. The molecule has 0 radical (unpaired) electrons. The van der Waals surface area contributed by atoms with Crippen molar-refractivity contribution in [3.05, 3.63) is 59.7 Å². The van der Waals surface area contributed by atoms with Crippen molar-refractivity contribution in [3.63, 3.8) is 0 Å². The summed E-state index contributed by atoms with van der Waals surface area (Å²) in [4.78, 5) is 0. The van der Waals surface area contributed by atoms with Gasteiger partial charge in [0, 0.05) is 18.6 Å². The van der Waals surface area contributed by atoms with Crippen molar-refractivity contribution < 1.29 is 14.2 Å². The van der Waals surface area contributed by atoms with Gasteiger partial charge in [-0.2, -0.15) is 0 Å². The van der Waals surface area contributed by atoms with Crippen LogP contribution in [0.15, 0.2) is 48.5 Å². The third-order valence-corrected chi connectivity index (χ3v) is 6.46. The molecule has 0 spiro atoms. The maximum absolute atomic E-state index is 6.18. The van der Waals surface area contributed by atoms with Crippen LogP contribution < -0.4 is 14.8 Å². The van der Waals surface area contributed by atoms with Gasteiger partial charge in [0.15, 0.2) is 0 Å². The van der Waals surface area contributed by atoms with Crippen molar-refractivity contribution in [3.8, 4) is 11.5 Å². The van der Waals surface area contributed by atoms with Crippen molar-refractivity contribution in [2.45, 2.75) is 57.1 Å². The molecule has 0 aromatic heterocycles. The maximum atomic E-state index is 6.18. The zero-order valence-electron chi connectivity index (χ0n) is 18.3. The Labute approximate surface area is 175 Å². The lowest BCUT2D eigenvalue weighted by Crippen LogP contribution is -2.46. The van der Waals surface area contributed by atoms with Crippen LogP contribution in [0, 0.1) is 0 Å². The Bertz CT molecular complexity index is 759. The first-order valence-electron chi connectivity index (χ1n) is 10.6. The molecule has 0 bridgehead atoms. The molecular formula is C25H35NO3. The summed E-state index contributed by atoms with van der Waals surface area (Å²) in [5, 5.41) is 3.64. The highest BCUT2D eigenvalue weighted by Gasteiger charge is 2.43. The van der Waals surface area contributed by atoms with E-state index in [2.05, 4.69) is 55.6 Å². The van der Waals surface area contributed by atoms with Crippen LogP contribution in [0.25, 0.3) is 0 Å². The van der Waals surface area contributed by atoms with Gasteiger partial charge in [-0.25, -0.2) is 0 Å². The van der Waals surface area contributed by atoms with Crippen LogP contribution >= 0.6 is 0 Å². The molecule has 1 N–H and O–H groups in total. The van der Waals surface area contributed by atoms with Gasteiger partial charge >= 0.3 is 0 Å². The van der Waals surface area contributed by atoms with Gasteiger partial charge in [0.05, 0.1) is 19.8 Å². The van der Waals surface area contributed by atoms with Crippen LogP contribution in [0.2, 0.25) is 0 Å². The third-order valence-electron chi connectivity index (χ3n) is 6.46. The van der Waals surface area contributed by atoms with E-state index >= 15 is 0 Å². The Morgan fingerprint density at radius 3 is 2.17 bits per heavy atom. The summed E-state index contributed by atoms with van der Waals surface area (Å²) in [5.41, 5.74) is 2.73. The van der Waals surface area contributed by atoms with Gasteiger partial charge in [0.2, 0.25) is 0 Å². The number of benzene rings is 2. The average molecular weight is 398 g/mol. The molecule has 2 aromatic carbocycles. The zero-order valence-corrected chi connectivity index (χ0v) is 18.3. The zero-order chi connectivity index (χ0) is 20.7. The molecule has 2 aromatic rings. The molecule has 4 heteroatoms. The van der Waals surface area contributed by atoms with E-state index in [0.717, 1.165) is 56.9 Å². The van der Waals surface area contributed by atoms with Gasteiger partial charge in [0.1, 0.15) is 11.5 Å². The van der Waals surface area contributed by atoms with Crippen molar-refractivity contribution >= 4 is 0 Å². The standard InChI is InChI=1S/C25H35NO3/c1-5-24(2)19-25(15-17-29-24,21-8-12-23(28-4)13-9-21)14-16-26-18-20-6-10-22(27-3)11-7-20/h6-13,26H,5,14-19H2,1-4H3/t24?,25-/m1/s1. The highest BCUT2D eigenvalue weighted by Crippen LogP contribution is 2.45. The molecule has 1 aliphatic heterocycles. The first-order chi connectivity index (χ1) is 14.0. The summed E-state index contributed by atoms with van der Waals surface area (Å²) in [6.45, 7) is 7.14. The van der Waals surface area contributed by atoms with Crippen molar-refractivity contribution in [2.24, 2.45) is 0 Å². The van der Waals surface area contributed by atoms with E-state index < -0.39 is 0 Å². The quantitative estimate of drug-likeness (QED) is 0.598. The lowest BCUT2D eigenvalue weighted by molar-refractivity contribution is -0.0979. The van der Waals surface area contributed by atoms with Crippen molar-refractivity contribution in [2.75, 3.05) is 27.4 Å². The highest BCUT2D eigenvalue weighted by molar-refractivity contribution is 5.33. The molecule has 1 heterocycles. The van der Waals surface area contributed by atoms with Gasteiger partial charge in [0.25, 0.3) is 0 Å². The minimum absolute atomic E-state index is 0.0613. The van der Waals surface area contributed by atoms with Crippen molar-refractivity contribution in [1.82, 2.24) is 5.32 Å². The Morgan fingerprint density at radius 2 is 1.59 bits per heavy atom. The summed E-state index contributed by atoms with van der Waals surface area (Å²) in [6.07, 6.45) is 4.23. The van der Waals surface area contributed by atoms with E-state index in [0.29, 0.717) is 0 Å². The summed E-state index contributed by atoms with van der Waals surface area (Å²) in [6, 6.07) is 16.9. The topological polar surface area (TPSA) is 39.7 Å². The Morgan fingerprint density at radius 1 is 0.966 bits per heavy atom. The van der Waals surface area contributed by atoms with Crippen LogP contribution in [0.4, 0.5) is 0 Å². The second-order valence-electron chi connectivity index (χ2n) is 8.36. The molecule has 158 valence electrons. The van der Waals surface area contributed by atoms with Crippen molar-refractivity contribution in [1.29, 1.82) is 0 Å². The van der Waals surface area contributed by atoms with E-state index in [1.165, 1.54) is 11.1 Å². The summed E-state index contributed by atoms with van der Waals surface area (Å²) in [5.74, 6) is 1.81. The van der Waals surface area contributed by atoms with E-state index in [1.807, 2.05) is 12.1 Å². The second kappa shape index (κ2) is 9.64. The lowest BCUT2D eigenvalue weighted by atomic mass is 9.66. The van der Waals surface area contributed by atoms with Gasteiger partial charge in [-0.15, -0.1) is 0 Å². The smallest absolute Gasteiger partial charge is 0.118 e. The third kappa shape index (κ3) is 5.31. The Kier molecular flexibility index (Phi) is 7.20. The highest BCUT2D eigenvalue weighted by atomic mass is 16.5. The molecular weight excluding hydrogens is 362 g/mol. The Balaban J connectivity index is 1.69. The molecule has 1 fully saturated rings. The largest absolute Gasteiger partial charge is 0.497 e. The minimum Gasteiger partial charge on any atom is -0.497 e. The molecule has 0 amide bonds. The first-order valence-corrected chi connectivity index (χ1v) is 10.6. The van der Waals surface area contributed by atoms with Crippen LogP contribution in [-0.4, -0.2) is 33.0 Å². The first kappa shape index (κ1) is 21.7. The van der Waals surface area contributed by atoms with Crippen LogP contribution in [0.5, 0.6) is 11.5 Å². The number of hydrogen-bond acceptors (Lipinski definition) is 4. The molecule has 1 saturated heterocycles. The van der Waals surface area contributed by atoms with Crippen LogP contribution in [0.1, 0.15) is 50.7 Å². The van der Waals surface area contributed by atoms with Gasteiger partial charge in [-0.3, -0.25) is 0 Å². The van der Waals surface area contributed by atoms with Gasteiger partial charge in [-0.05, 0) is 74.5 Å². The second-order valence-corrected chi connectivity index (χ2v) is 8.36. The molecule has 2 atom stereocenters. The van der Waals surface area contributed by atoms with E-state index in [4.69, 9.17) is 14.2 Å². The van der Waals surface area contributed by atoms with E-state index in [1.54, 1.807) is 14.2 Å². The molecule has 4 nitrogen and oxygen atoms in total. The Hall–Kier alpha value is -2.04. The maximum Gasteiger partial charge on any atom is 0.118 e. The number of methoxy groups -OCH3 is 2. The predicted molar refractivity (Wildman–Crippen MR) is 118 cm³/mol. The summed E-state index contributed by atoms with van der Waals surface area (Å²) < 4.78 is 16.8. The van der Waals surface area contributed by atoms with Gasteiger partial charge < -0.3 is 19.5 Å². The number of nitrogens with one attached hydrogen (secondary N) is 1. The number of rotatable bonds is 9. The monoisotopic (exact) mass is 397 g/mol. The van der Waals surface area contributed by atoms with E-state index in [-0.39, 0.29) is 11.0 Å². The lowest BCUT2D eigenvalue weighted by Gasteiger charge is -2.47. The molecule has 1 unspecified atom stereocenters. The fourth-order valence-corrected chi connectivity index (χ4v) is 4.43. The predicted octanol–water partition coefficient (Wildman–Crippen LogP) is 5.10. The van der Waals surface area contributed by atoms with E-state index in [9.17, 15) is 0 Å². The van der Waals surface area contributed by atoms with Gasteiger partial charge in [-0.1, -0.05) is 31.2 Å². The number of hydrogen-bond donors (Lipinski definition) is 1. The SMILES string of the molecule is CCC1(C)C[C@](CCNCc2ccc(OC)cc2)(c2ccc(OC)cc2)CCO1. The van der Waals surface area contributed by atoms with Crippen LogP contribution in [0.3, 0.4) is 0 Å². The van der Waals surface area contributed by atoms with Crippen LogP contribution in [-0.2, 0) is 16.7 Å². The normalized spacial score (nSPS) is 24.3. The fraction of sp³-hybridized carbons (Fsp3) is 0.520. The minimum atomic E-state index is -0.0613. The molecule has 29 heavy (non-hydrogen) atoms.